The molecule has 2 rings (SSSR count). The summed E-state index contributed by atoms with van der Waals surface area (Å²) >= 11 is 0. The Bertz CT molecular complexity index is 417. The molecule has 1 unspecified atom stereocenters. The number of ether oxygens (including phenoxy) is 1. The van der Waals surface area contributed by atoms with E-state index in [2.05, 4.69) is 17.1 Å². The molecular weight excluding hydrogens is 264 g/mol. The summed E-state index contributed by atoms with van der Waals surface area (Å²) in [5.74, 6) is 0.800. The zero-order valence-corrected chi connectivity index (χ0v) is 13.2. The summed E-state index contributed by atoms with van der Waals surface area (Å²) in [6.07, 6.45) is 3.09. The van der Waals surface area contributed by atoms with Crippen molar-refractivity contribution < 1.29 is 9.84 Å². The van der Waals surface area contributed by atoms with Crippen LogP contribution in [0.4, 0.5) is 0 Å². The molecule has 4 nitrogen and oxygen atoms in total. The number of hydrogen-bond acceptors (Lipinski definition) is 4. The van der Waals surface area contributed by atoms with E-state index in [1.807, 2.05) is 24.3 Å². The zero-order chi connectivity index (χ0) is 15.1. The van der Waals surface area contributed by atoms with E-state index in [-0.39, 0.29) is 0 Å². The van der Waals surface area contributed by atoms with Gasteiger partial charge in [-0.25, -0.2) is 0 Å². The molecular formula is C17H28N2O2. The van der Waals surface area contributed by atoms with Gasteiger partial charge in [0, 0.05) is 12.6 Å². The fourth-order valence-corrected chi connectivity index (χ4v) is 2.87. The number of aliphatic hydroxyl groups excluding tert-OH is 1. The highest BCUT2D eigenvalue weighted by atomic mass is 16.5. The fraction of sp³-hybridized carbons (Fsp3) is 0.647. The van der Waals surface area contributed by atoms with E-state index in [0.29, 0.717) is 12.6 Å². The molecule has 0 saturated carbocycles. The highest BCUT2D eigenvalue weighted by molar-refractivity contribution is 5.29. The van der Waals surface area contributed by atoms with Crippen LogP contribution in [0.1, 0.15) is 37.9 Å². The molecule has 1 fully saturated rings. The van der Waals surface area contributed by atoms with Gasteiger partial charge in [-0.2, -0.15) is 0 Å². The first-order valence-electron chi connectivity index (χ1n) is 8.00. The van der Waals surface area contributed by atoms with Gasteiger partial charge in [-0.15, -0.1) is 0 Å². The molecule has 4 heteroatoms. The lowest BCUT2D eigenvalue weighted by molar-refractivity contribution is 0.0941. The standard InChI is InChI=1S/C17H28N2O2/c1-3-9-18-15-7-10-19(11-8-15)13-17(20)14-5-4-6-16(12-14)21-2/h4-6,12,15,17-18,20H,3,7-11,13H2,1-2H3. The topological polar surface area (TPSA) is 44.7 Å². The second-order valence-corrected chi connectivity index (χ2v) is 5.82. The summed E-state index contributed by atoms with van der Waals surface area (Å²) in [6.45, 7) is 6.13. The number of nitrogens with one attached hydrogen (secondary N) is 1. The average Bonchev–Trinajstić information content (AvgIpc) is 2.54. The fourth-order valence-electron chi connectivity index (χ4n) is 2.87. The number of nitrogens with zero attached hydrogens (tertiary/aromatic N) is 1. The van der Waals surface area contributed by atoms with Gasteiger partial charge in [0.25, 0.3) is 0 Å². The number of aliphatic hydroxyl groups is 1. The number of rotatable bonds is 7. The summed E-state index contributed by atoms with van der Waals surface area (Å²) < 4.78 is 5.21. The van der Waals surface area contributed by atoms with Crippen molar-refractivity contribution in [2.45, 2.75) is 38.3 Å². The van der Waals surface area contributed by atoms with Gasteiger partial charge in [-0.1, -0.05) is 19.1 Å². The molecule has 1 aliphatic rings. The third kappa shape index (κ3) is 4.99. The Labute approximate surface area is 128 Å². The van der Waals surface area contributed by atoms with Gasteiger partial charge in [0.2, 0.25) is 0 Å². The highest BCUT2D eigenvalue weighted by Crippen LogP contribution is 2.21. The predicted octanol–water partition coefficient (Wildman–Crippen LogP) is 2.19. The lowest BCUT2D eigenvalue weighted by atomic mass is 10.0. The van der Waals surface area contributed by atoms with Crippen LogP contribution in [0.25, 0.3) is 0 Å². The van der Waals surface area contributed by atoms with Crippen molar-refractivity contribution in [3.63, 3.8) is 0 Å². The number of piperidine rings is 1. The molecule has 0 bridgehead atoms. The maximum Gasteiger partial charge on any atom is 0.119 e. The smallest absolute Gasteiger partial charge is 0.119 e. The van der Waals surface area contributed by atoms with Crippen LogP contribution in [-0.4, -0.2) is 49.3 Å². The Hall–Kier alpha value is -1.10. The first-order chi connectivity index (χ1) is 10.2. The lowest BCUT2D eigenvalue weighted by Crippen LogP contribution is -2.43. The second kappa shape index (κ2) is 8.37. The molecule has 2 N–H and O–H groups in total. The number of methoxy groups -OCH3 is 1. The third-order valence-electron chi connectivity index (χ3n) is 4.18. The van der Waals surface area contributed by atoms with E-state index in [4.69, 9.17) is 4.74 Å². The largest absolute Gasteiger partial charge is 0.497 e. The first-order valence-corrected chi connectivity index (χ1v) is 8.00. The summed E-state index contributed by atoms with van der Waals surface area (Å²) in [4.78, 5) is 2.36. The van der Waals surface area contributed by atoms with Crippen molar-refractivity contribution in [2.24, 2.45) is 0 Å². The van der Waals surface area contributed by atoms with Crippen molar-refractivity contribution in [3.05, 3.63) is 29.8 Å². The van der Waals surface area contributed by atoms with Crippen LogP contribution in [0.5, 0.6) is 5.75 Å². The molecule has 1 saturated heterocycles. The van der Waals surface area contributed by atoms with Gasteiger partial charge >= 0.3 is 0 Å². The number of β-amino-alcohol motifs (C(OH)–C–C–N with tert-alkyl or cyclic N) is 1. The molecule has 1 heterocycles. The van der Waals surface area contributed by atoms with E-state index in [0.717, 1.165) is 30.9 Å². The second-order valence-electron chi connectivity index (χ2n) is 5.82. The Morgan fingerprint density at radius 1 is 1.38 bits per heavy atom. The van der Waals surface area contributed by atoms with Gasteiger partial charge in [0.1, 0.15) is 5.75 Å². The first kappa shape index (κ1) is 16.3. The quantitative estimate of drug-likeness (QED) is 0.808. The van der Waals surface area contributed by atoms with Crippen LogP contribution in [0.15, 0.2) is 24.3 Å². The van der Waals surface area contributed by atoms with Crippen LogP contribution in [0.3, 0.4) is 0 Å². The Kier molecular flexibility index (Phi) is 6.49. The Morgan fingerprint density at radius 3 is 2.81 bits per heavy atom. The molecule has 21 heavy (non-hydrogen) atoms. The van der Waals surface area contributed by atoms with E-state index in [9.17, 15) is 5.11 Å². The molecule has 0 aliphatic carbocycles. The van der Waals surface area contributed by atoms with Gasteiger partial charge in [0.15, 0.2) is 0 Å². The number of benzene rings is 1. The van der Waals surface area contributed by atoms with Crippen molar-refractivity contribution in [2.75, 3.05) is 33.3 Å². The molecule has 0 amide bonds. The number of likely N-dealkylation sites (tertiary alicyclic amines) is 1. The van der Waals surface area contributed by atoms with Crippen LogP contribution in [0.2, 0.25) is 0 Å². The SMILES string of the molecule is CCCNC1CCN(CC(O)c2cccc(OC)c2)CC1. The molecule has 1 atom stereocenters. The van der Waals surface area contributed by atoms with Crippen molar-refractivity contribution in [3.8, 4) is 5.75 Å². The highest BCUT2D eigenvalue weighted by Gasteiger charge is 2.21. The van der Waals surface area contributed by atoms with Crippen LogP contribution < -0.4 is 10.1 Å². The predicted molar refractivity (Wildman–Crippen MR) is 85.7 cm³/mol. The van der Waals surface area contributed by atoms with Crippen molar-refractivity contribution in [1.29, 1.82) is 0 Å². The molecule has 1 aromatic rings. The summed E-state index contributed by atoms with van der Waals surface area (Å²) in [6, 6.07) is 8.36. The monoisotopic (exact) mass is 292 g/mol. The maximum absolute atomic E-state index is 10.4. The maximum atomic E-state index is 10.4. The van der Waals surface area contributed by atoms with Crippen molar-refractivity contribution in [1.82, 2.24) is 10.2 Å². The van der Waals surface area contributed by atoms with E-state index in [1.54, 1.807) is 7.11 Å². The zero-order valence-electron chi connectivity index (χ0n) is 13.2. The Morgan fingerprint density at radius 2 is 2.14 bits per heavy atom. The summed E-state index contributed by atoms with van der Waals surface area (Å²) in [7, 11) is 1.65. The molecule has 1 aliphatic heterocycles. The van der Waals surface area contributed by atoms with Gasteiger partial charge < -0.3 is 20.1 Å². The molecule has 118 valence electrons. The molecule has 1 aromatic carbocycles. The van der Waals surface area contributed by atoms with Crippen LogP contribution in [0, 0.1) is 0 Å². The lowest BCUT2D eigenvalue weighted by Gasteiger charge is -2.33. The minimum Gasteiger partial charge on any atom is -0.497 e. The van der Waals surface area contributed by atoms with Crippen LogP contribution in [-0.2, 0) is 0 Å². The minimum absolute atomic E-state index is 0.444. The minimum atomic E-state index is -0.444. The molecule has 0 aromatic heterocycles. The summed E-state index contributed by atoms with van der Waals surface area (Å²) in [5, 5.41) is 14.0. The van der Waals surface area contributed by atoms with E-state index < -0.39 is 6.10 Å². The molecule has 0 radical (unpaired) electrons. The van der Waals surface area contributed by atoms with Gasteiger partial charge in [-0.05, 0) is 56.6 Å². The van der Waals surface area contributed by atoms with Crippen LogP contribution >= 0.6 is 0 Å². The number of hydrogen-bond donors (Lipinski definition) is 2. The average molecular weight is 292 g/mol. The van der Waals surface area contributed by atoms with E-state index in [1.165, 1.54) is 19.3 Å². The van der Waals surface area contributed by atoms with Crippen molar-refractivity contribution >= 4 is 0 Å². The van der Waals surface area contributed by atoms with Gasteiger partial charge in [-0.3, -0.25) is 0 Å². The summed E-state index contributed by atoms with van der Waals surface area (Å²) in [5.41, 5.74) is 0.931. The third-order valence-corrected chi connectivity index (χ3v) is 4.18. The van der Waals surface area contributed by atoms with Gasteiger partial charge in [0.05, 0.1) is 13.2 Å². The Balaban J connectivity index is 1.79. The molecule has 0 spiro atoms. The normalized spacial score (nSPS) is 18.6. The van der Waals surface area contributed by atoms with E-state index >= 15 is 0 Å².